The fourth-order valence-electron chi connectivity index (χ4n) is 0.506. The lowest BCUT2D eigenvalue weighted by Crippen LogP contribution is -1.83. The molecule has 2 heteroatoms. The Bertz CT molecular complexity index is 226. The van der Waals surface area contributed by atoms with Crippen LogP contribution in [0, 0.1) is 0 Å². The topological polar surface area (TPSA) is 34.1 Å². The quantitative estimate of drug-likeness (QED) is 0.191. The molecule has 0 aromatic heterocycles. The highest BCUT2D eigenvalue weighted by Gasteiger charge is 1.92. The molecule has 0 radical (unpaired) electrons. The normalized spacial score (nSPS) is 7.30. The Morgan fingerprint density at radius 1 is 1.70 bits per heavy atom. The van der Waals surface area contributed by atoms with Gasteiger partial charge in [-0.25, -0.2) is 4.79 Å². The Morgan fingerprint density at radius 2 is 2.30 bits per heavy atom. The van der Waals surface area contributed by atoms with Crippen LogP contribution < -0.4 is 0 Å². The minimum absolute atomic E-state index is 0.294. The van der Waals surface area contributed by atoms with Gasteiger partial charge in [0, 0.05) is 12.0 Å². The van der Waals surface area contributed by atoms with Crippen molar-refractivity contribution in [1.29, 1.82) is 0 Å². The number of rotatable bonds is 3. The lowest BCUT2D eigenvalue weighted by Gasteiger charge is -1.91. The van der Waals surface area contributed by atoms with Crippen molar-refractivity contribution in [3.63, 3.8) is 0 Å². The summed E-state index contributed by atoms with van der Waals surface area (Å²) in [5, 5.41) is 0. The van der Waals surface area contributed by atoms with E-state index in [0.717, 1.165) is 5.57 Å². The van der Waals surface area contributed by atoms with Gasteiger partial charge in [-0.15, -0.1) is 0 Å². The van der Waals surface area contributed by atoms with Gasteiger partial charge in [-0.2, -0.15) is 0 Å². The minimum Gasteiger partial charge on any atom is -0.298 e. The third kappa shape index (κ3) is 3.62. The zero-order valence-electron chi connectivity index (χ0n) is 5.81. The maximum atomic E-state index is 10.1. The van der Waals surface area contributed by atoms with Gasteiger partial charge < -0.3 is 0 Å². The molecule has 52 valence electrons. The summed E-state index contributed by atoms with van der Waals surface area (Å²) in [5.41, 5.74) is 3.26. The molecule has 0 aromatic rings. The molecule has 0 aliphatic rings. The molecule has 0 atom stereocenters. The van der Waals surface area contributed by atoms with Crippen molar-refractivity contribution in [3.05, 3.63) is 23.5 Å². The molecule has 0 fully saturated rings. The molecule has 0 heterocycles. The Kier molecular flexibility index (Phi) is 3.90. The van der Waals surface area contributed by atoms with Crippen molar-refractivity contribution in [3.8, 4) is 0 Å². The fraction of sp³-hybridized carbons (Fsp3) is 0.250. The molecule has 0 aromatic carbocycles. The van der Waals surface area contributed by atoms with Crippen LogP contribution in [0.3, 0.4) is 0 Å². The molecule has 0 aliphatic heterocycles. The van der Waals surface area contributed by atoms with E-state index in [0.29, 0.717) is 18.3 Å². The van der Waals surface area contributed by atoms with Gasteiger partial charge in [0.2, 0.25) is 0 Å². The zero-order valence-corrected chi connectivity index (χ0v) is 5.81. The smallest absolute Gasteiger partial charge is 0.177 e. The second-order valence-electron chi connectivity index (χ2n) is 2.00. The number of hydrogen-bond donors (Lipinski definition) is 0. The van der Waals surface area contributed by atoms with E-state index in [1.54, 1.807) is 6.92 Å². The van der Waals surface area contributed by atoms with Crippen LogP contribution in [0.1, 0.15) is 13.3 Å². The van der Waals surface area contributed by atoms with Crippen LogP contribution in [0.4, 0.5) is 0 Å². The van der Waals surface area contributed by atoms with E-state index >= 15 is 0 Å². The summed E-state index contributed by atoms with van der Waals surface area (Å²) < 4.78 is 0. The van der Waals surface area contributed by atoms with E-state index in [4.69, 9.17) is 0 Å². The Balaban J connectivity index is 4.39. The maximum absolute atomic E-state index is 10.1. The number of carbonyl (C=O) groups is 1. The van der Waals surface area contributed by atoms with Crippen LogP contribution in [-0.4, -0.2) is 12.2 Å². The lowest BCUT2D eigenvalue weighted by atomic mass is 10.1. The van der Waals surface area contributed by atoms with Gasteiger partial charge in [0.15, 0.2) is 12.2 Å². The summed E-state index contributed by atoms with van der Waals surface area (Å²) in [5.74, 6) is 1.41. The summed E-state index contributed by atoms with van der Waals surface area (Å²) in [6.07, 6.45) is 0.984. The molecule has 2 nitrogen and oxygen atoms in total. The Hall–Kier alpha value is -1.36. The van der Waals surface area contributed by atoms with Crippen molar-refractivity contribution in [1.82, 2.24) is 0 Å². The predicted octanol–water partition coefficient (Wildman–Crippen LogP) is 1.06. The Labute approximate surface area is 59.5 Å². The summed E-state index contributed by atoms with van der Waals surface area (Å²) in [7, 11) is 0. The van der Waals surface area contributed by atoms with E-state index in [9.17, 15) is 9.59 Å². The molecule has 0 bridgehead atoms. The third-order valence-corrected chi connectivity index (χ3v) is 0.846. The highest BCUT2D eigenvalue weighted by Crippen LogP contribution is 2.02. The fourth-order valence-corrected chi connectivity index (χ4v) is 0.506. The highest BCUT2D eigenvalue weighted by molar-refractivity contribution is 5.75. The van der Waals surface area contributed by atoms with E-state index in [-0.39, 0.29) is 0 Å². The molecule has 0 saturated heterocycles. The van der Waals surface area contributed by atoms with Crippen molar-refractivity contribution >= 4 is 12.2 Å². The average Bonchev–Trinajstić information content (AvgIpc) is 1.86. The second kappa shape index (κ2) is 4.51. The second-order valence-corrected chi connectivity index (χ2v) is 2.00. The van der Waals surface area contributed by atoms with Crippen LogP contribution in [0.5, 0.6) is 0 Å². The predicted molar refractivity (Wildman–Crippen MR) is 38.2 cm³/mol. The van der Waals surface area contributed by atoms with Gasteiger partial charge in [-0.3, -0.25) is 4.79 Å². The molecule has 0 aliphatic carbocycles. The van der Waals surface area contributed by atoms with Gasteiger partial charge in [-0.1, -0.05) is 12.2 Å². The first-order chi connectivity index (χ1) is 4.70. The lowest BCUT2D eigenvalue weighted by molar-refractivity contribution is -0.105. The van der Waals surface area contributed by atoms with Crippen LogP contribution >= 0.6 is 0 Å². The Morgan fingerprint density at radius 3 is 2.60 bits per heavy atom. The molecule has 0 amide bonds. The van der Waals surface area contributed by atoms with E-state index in [2.05, 4.69) is 12.3 Å². The summed E-state index contributed by atoms with van der Waals surface area (Å²) >= 11 is 0. The summed E-state index contributed by atoms with van der Waals surface area (Å²) in [6, 6.07) is 0. The van der Waals surface area contributed by atoms with Gasteiger partial charge >= 0.3 is 0 Å². The first kappa shape index (κ1) is 8.64. The van der Waals surface area contributed by atoms with Gasteiger partial charge in [-0.05, 0) is 12.7 Å². The van der Waals surface area contributed by atoms with Crippen molar-refractivity contribution < 1.29 is 9.59 Å². The molecular weight excluding hydrogens is 128 g/mol. The molecular formula is C8H8O2. The summed E-state index contributed by atoms with van der Waals surface area (Å²) in [6.45, 7) is 5.35. The first-order valence-corrected chi connectivity index (χ1v) is 2.79. The molecule has 0 N–H and O–H groups in total. The molecule has 10 heavy (non-hydrogen) atoms. The monoisotopic (exact) mass is 136 g/mol. The number of aldehydes is 1. The van der Waals surface area contributed by atoms with Crippen LogP contribution in [-0.2, 0) is 9.59 Å². The SMILES string of the molecule is C=C(C)CC(=C=C=O)C=O. The van der Waals surface area contributed by atoms with E-state index < -0.39 is 0 Å². The van der Waals surface area contributed by atoms with Crippen molar-refractivity contribution in [2.24, 2.45) is 0 Å². The minimum atomic E-state index is 0.294. The summed E-state index contributed by atoms with van der Waals surface area (Å²) in [4.78, 5) is 19.8. The number of hydrogen-bond acceptors (Lipinski definition) is 2. The maximum Gasteiger partial charge on any atom is 0.177 e. The molecule has 0 spiro atoms. The van der Waals surface area contributed by atoms with Gasteiger partial charge in [0.05, 0.1) is 0 Å². The van der Waals surface area contributed by atoms with Crippen LogP contribution in [0.15, 0.2) is 23.5 Å². The van der Waals surface area contributed by atoms with E-state index in [1.807, 2.05) is 0 Å². The molecule has 0 rings (SSSR count). The van der Waals surface area contributed by atoms with Gasteiger partial charge in [0.25, 0.3) is 0 Å². The highest BCUT2D eigenvalue weighted by atomic mass is 16.1. The number of allylic oxidation sites excluding steroid dienone is 2. The number of carbonyl (C=O) groups excluding carboxylic acids is 2. The average molecular weight is 136 g/mol. The van der Waals surface area contributed by atoms with Crippen molar-refractivity contribution in [2.75, 3.05) is 0 Å². The molecule has 0 unspecified atom stereocenters. The first-order valence-electron chi connectivity index (χ1n) is 2.79. The van der Waals surface area contributed by atoms with E-state index in [1.165, 1.54) is 5.94 Å². The zero-order chi connectivity index (χ0) is 7.98. The standard InChI is InChI=1S/C8H8O2/c1-7(2)5-8(6-10)3-4-9/h6H,1,5H2,2H3. The largest absolute Gasteiger partial charge is 0.298 e. The third-order valence-electron chi connectivity index (χ3n) is 0.846. The van der Waals surface area contributed by atoms with Crippen LogP contribution in [0.25, 0.3) is 0 Å². The van der Waals surface area contributed by atoms with Crippen LogP contribution in [0.2, 0.25) is 0 Å². The van der Waals surface area contributed by atoms with Gasteiger partial charge in [0.1, 0.15) is 0 Å². The molecule has 0 saturated carbocycles. The van der Waals surface area contributed by atoms with Crippen molar-refractivity contribution in [2.45, 2.75) is 13.3 Å².